The van der Waals surface area contributed by atoms with Gasteiger partial charge in [0.15, 0.2) is 0 Å². The third-order valence-corrected chi connectivity index (χ3v) is 6.67. The molecule has 0 atom stereocenters. The topological polar surface area (TPSA) is 52.2 Å². The fourth-order valence-corrected chi connectivity index (χ4v) is 4.68. The van der Waals surface area contributed by atoms with Crippen molar-refractivity contribution in [2.75, 3.05) is 0 Å². The molecule has 5 nitrogen and oxygen atoms in total. The van der Waals surface area contributed by atoms with E-state index in [0.29, 0.717) is 23.1 Å². The minimum absolute atomic E-state index is 0.154. The number of fused-ring (bicyclic) bond motifs is 1. The molecule has 0 aliphatic carbocycles. The summed E-state index contributed by atoms with van der Waals surface area (Å²) >= 11 is 7.10. The van der Waals surface area contributed by atoms with Crippen LogP contribution in [0.1, 0.15) is 42.5 Å². The lowest BCUT2D eigenvalue weighted by molar-refractivity contribution is 0.675. The summed E-state index contributed by atoms with van der Waals surface area (Å²) in [4.78, 5) is 18.0. The average Bonchev–Trinajstić information content (AvgIpc) is 3.05. The summed E-state index contributed by atoms with van der Waals surface area (Å²) in [5.74, 6) is 0.683. The Morgan fingerprint density at radius 1 is 1.09 bits per heavy atom. The molecule has 0 unspecified atom stereocenters. The van der Waals surface area contributed by atoms with Gasteiger partial charge in [-0.05, 0) is 72.6 Å². The summed E-state index contributed by atoms with van der Waals surface area (Å²) in [5.41, 5.74) is 4.72. The molecule has 32 heavy (non-hydrogen) atoms. The second-order valence-electron chi connectivity index (χ2n) is 7.77. The number of nitrogens with zero attached hydrogens (tertiary/aromatic N) is 4. The van der Waals surface area contributed by atoms with Gasteiger partial charge in [0.25, 0.3) is 5.56 Å². The maximum atomic E-state index is 13.3. The van der Waals surface area contributed by atoms with Gasteiger partial charge in [0.05, 0.1) is 22.8 Å². The minimum atomic E-state index is -0.154. The Bertz CT molecular complexity index is 1380. The maximum absolute atomic E-state index is 13.3. The summed E-state index contributed by atoms with van der Waals surface area (Å²) in [6, 6.07) is 15.8. The van der Waals surface area contributed by atoms with E-state index in [1.165, 1.54) is 4.68 Å². The minimum Gasteiger partial charge on any atom is -0.317 e. The van der Waals surface area contributed by atoms with E-state index in [1.807, 2.05) is 30.3 Å². The van der Waals surface area contributed by atoms with Gasteiger partial charge in [-0.3, -0.25) is 4.79 Å². The number of rotatable bonds is 6. The normalized spacial score (nSPS) is 11.7. The molecule has 2 aromatic carbocycles. The van der Waals surface area contributed by atoms with E-state index < -0.39 is 0 Å². The molecule has 0 saturated carbocycles. The van der Waals surface area contributed by atoms with Crippen LogP contribution in [-0.2, 0) is 6.42 Å². The first kappa shape index (κ1) is 22.7. The van der Waals surface area contributed by atoms with Crippen LogP contribution in [0.15, 0.2) is 67.4 Å². The van der Waals surface area contributed by atoms with Gasteiger partial charge in [0.1, 0.15) is 5.82 Å². The van der Waals surface area contributed by atoms with Crippen LogP contribution in [-0.4, -0.2) is 20.4 Å². The fraction of sp³-hybridized carbons (Fsp3) is 0.240. The number of hydrogen-bond acceptors (Lipinski definition) is 3. The lowest BCUT2D eigenvalue weighted by atomic mass is 10.2. The lowest BCUT2D eigenvalue weighted by Gasteiger charge is -2.11. The highest BCUT2D eigenvalue weighted by Gasteiger charge is 2.13. The first-order valence-electron chi connectivity index (χ1n) is 10.6. The predicted molar refractivity (Wildman–Crippen MR) is 138 cm³/mol. The smallest absolute Gasteiger partial charge is 0.282 e. The van der Waals surface area contributed by atoms with Gasteiger partial charge < -0.3 is 4.57 Å². The van der Waals surface area contributed by atoms with Gasteiger partial charge in [0.2, 0.25) is 0 Å². The van der Waals surface area contributed by atoms with Crippen LogP contribution in [0.5, 0.6) is 0 Å². The van der Waals surface area contributed by atoms with Crippen LogP contribution in [0.3, 0.4) is 0 Å². The number of aromatic nitrogens is 3. The number of halogens is 2. The quantitative estimate of drug-likeness (QED) is 0.253. The molecule has 0 aliphatic rings. The van der Waals surface area contributed by atoms with Crippen molar-refractivity contribution in [2.24, 2.45) is 5.10 Å². The van der Waals surface area contributed by atoms with E-state index >= 15 is 0 Å². The Kier molecular flexibility index (Phi) is 6.76. The molecule has 0 fully saturated rings. The lowest BCUT2D eigenvalue weighted by Crippen LogP contribution is -2.22. The van der Waals surface area contributed by atoms with E-state index in [-0.39, 0.29) is 5.56 Å². The number of benzene rings is 2. The van der Waals surface area contributed by atoms with Gasteiger partial charge in [-0.15, -0.1) is 0 Å². The van der Waals surface area contributed by atoms with Gasteiger partial charge in [-0.1, -0.05) is 41.4 Å². The molecule has 0 N–H and O–H groups in total. The Morgan fingerprint density at radius 3 is 2.62 bits per heavy atom. The van der Waals surface area contributed by atoms with Gasteiger partial charge in [0, 0.05) is 32.3 Å². The van der Waals surface area contributed by atoms with Gasteiger partial charge >= 0.3 is 0 Å². The van der Waals surface area contributed by atoms with Crippen LogP contribution in [0.4, 0.5) is 0 Å². The molecule has 7 heteroatoms. The largest absolute Gasteiger partial charge is 0.317 e. The van der Waals surface area contributed by atoms with E-state index in [4.69, 9.17) is 4.98 Å². The Morgan fingerprint density at radius 2 is 1.88 bits per heavy atom. The zero-order valence-electron chi connectivity index (χ0n) is 18.3. The number of aryl methyl sites for hydroxylation is 2. The van der Waals surface area contributed by atoms with E-state index in [2.05, 4.69) is 74.4 Å². The fourth-order valence-electron chi connectivity index (χ4n) is 3.85. The van der Waals surface area contributed by atoms with Crippen molar-refractivity contribution in [2.45, 2.75) is 40.0 Å². The average molecular weight is 556 g/mol. The van der Waals surface area contributed by atoms with Crippen molar-refractivity contribution in [3.05, 3.63) is 90.6 Å². The maximum Gasteiger partial charge on any atom is 0.282 e. The Labute approximate surface area is 204 Å². The van der Waals surface area contributed by atoms with Crippen LogP contribution in [0.2, 0.25) is 0 Å². The first-order chi connectivity index (χ1) is 15.4. The monoisotopic (exact) mass is 554 g/mol. The van der Waals surface area contributed by atoms with E-state index in [9.17, 15) is 4.79 Å². The molecule has 0 radical (unpaired) electrons. The Balaban J connectivity index is 1.82. The van der Waals surface area contributed by atoms with E-state index in [0.717, 1.165) is 44.4 Å². The highest BCUT2D eigenvalue weighted by molar-refractivity contribution is 9.10. The van der Waals surface area contributed by atoms with Gasteiger partial charge in [-0.25, -0.2) is 4.98 Å². The number of unbranched alkanes of at least 4 members (excludes halogenated alkanes) is 1. The summed E-state index contributed by atoms with van der Waals surface area (Å²) in [6.07, 6.45) is 4.43. The van der Waals surface area contributed by atoms with Crippen molar-refractivity contribution in [1.82, 2.24) is 14.2 Å². The van der Waals surface area contributed by atoms with Crippen molar-refractivity contribution < 1.29 is 0 Å². The molecule has 0 saturated heterocycles. The highest BCUT2D eigenvalue weighted by atomic mass is 79.9. The second-order valence-corrected chi connectivity index (χ2v) is 9.54. The molecular formula is C25H24Br2N4O. The molecule has 0 aliphatic heterocycles. The molecule has 4 rings (SSSR count). The summed E-state index contributed by atoms with van der Waals surface area (Å²) in [6.45, 7) is 6.25. The zero-order chi connectivity index (χ0) is 22.8. The second kappa shape index (κ2) is 9.55. The van der Waals surface area contributed by atoms with Crippen molar-refractivity contribution in [3.63, 3.8) is 0 Å². The molecule has 0 amide bonds. The van der Waals surface area contributed by atoms with Crippen molar-refractivity contribution >= 4 is 49.0 Å². The zero-order valence-corrected chi connectivity index (χ0v) is 21.4. The van der Waals surface area contributed by atoms with Crippen molar-refractivity contribution in [3.8, 4) is 5.69 Å². The molecule has 4 aromatic rings. The third-order valence-electron chi connectivity index (χ3n) is 5.51. The standard InChI is InChI=1S/C25H24Br2N4O/c1-4-5-10-24-29-22-12-11-19(26)14-20(22)25(32)31(24)28-15-18-13-16(2)30(17(18)3)23-9-7-6-8-21(23)27/h6-9,11-15H,4-5,10H2,1-3H3. The van der Waals surface area contributed by atoms with Crippen LogP contribution >= 0.6 is 31.9 Å². The van der Waals surface area contributed by atoms with Gasteiger partial charge in [-0.2, -0.15) is 9.78 Å². The summed E-state index contributed by atoms with van der Waals surface area (Å²) in [7, 11) is 0. The molecule has 164 valence electrons. The van der Waals surface area contributed by atoms with Crippen LogP contribution < -0.4 is 5.56 Å². The highest BCUT2D eigenvalue weighted by Crippen LogP contribution is 2.26. The summed E-state index contributed by atoms with van der Waals surface area (Å²) < 4.78 is 5.50. The molecule has 2 aromatic heterocycles. The number of para-hydroxylation sites is 1. The van der Waals surface area contributed by atoms with Crippen LogP contribution in [0.25, 0.3) is 16.6 Å². The number of hydrogen-bond donors (Lipinski definition) is 0. The SMILES string of the molecule is CCCCc1nc2ccc(Br)cc2c(=O)n1N=Cc1cc(C)n(-c2ccccc2Br)c1C. The van der Waals surface area contributed by atoms with E-state index in [1.54, 1.807) is 12.3 Å². The predicted octanol–water partition coefficient (Wildman–Crippen LogP) is 6.55. The molecule has 0 spiro atoms. The Hall–Kier alpha value is -2.51. The summed E-state index contributed by atoms with van der Waals surface area (Å²) in [5, 5.41) is 5.17. The van der Waals surface area contributed by atoms with Crippen molar-refractivity contribution in [1.29, 1.82) is 0 Å². The third kappa shape index (κ3) is 4.36. The molecular weight excluding hydrogens is 532 g/mol. The molecule has 2 heterocycles. The molecule has 0 bridgehead atoms. The van der Waals surface area contributed by atoms with Crippen LogP contribution in [0, 0.1) is 13.8 Å². The first-order valence-corrected chi connectivity index (χ1v) is 12.2.